The van der Waals surface area contributed by atoms with Gasteiger partial charge in [0.15, 0.2) is 0 Å². The van der Waals surface area contributed by atoms with Crippen molar-refractivity contribution in [1.82, 2.24) is 0 Å². The van der Waals surface area contributed by atoms with Crippen LogP contribution in [0.4, 0.5) is 4.39 Å². The molecule has 5 rings (SSSR count). The van der Waals surface area contributed by atoms with Crippen LogP contribution in [0.5, 0.6) is 0 Å². The number of fused-ring (bicyclic) bond motifs is 2. The van der Waals surface area contributed by atoms with Gasteiger partial charge in [0.1, 0.15) is 5.82 Å². The summed E-state index contributed by atoms with van der Waals surface area (Å²) in [6.45, 7) is 40.7. The van der Waals surface area contributed by atoms with Crippen LogP contribution >= 0.6 is 0 Å². The molecule has 0 fully saturated rings. The van der Waals surface area contributed by atoms with Crippen LogP contribution in [0.2, 0.25) is 0 Å². The van der Waals surface area contributed by atoms with Crippen LogP contribution in [0, 0.1) is 12.7 Å². The van der Waals surface area contributed by atoms with Crippen LogP contribution in [-0.2, 0) is 41.9 Å². The molecule has 3 aromatic rings. The lowest BCUT2D eigenvalue weighted by Crippen LogP contribution is -2.19. The van der Waals surface area contributed by atoms with Crippen molar-refractivity contribution in [2.45, 2.75) is 203 Å². The first kappa shape index (κ1) is 42.0. The third kappa shape index (κ3) is 9.92. The van der Waals surface area contributed by atoms with Crippen LogP contribution in [0.15, 0.2) is 30.3 Å². The molecule has 50 heavy (non-hydrogen) atoms. The Hall–Kier alpha value is -2.41. The zero-order valence-electron chi connectivity index (χ0n) is 35.8. The van der Waals surface area contributed by atoms with Crippen molar-refractivity contribution in [1.29, 1.82) is 0 Å². The van der Waals surface area contributed by atoms with Crippen LogP contribution in [0.3, 0.4) is 0 Å². The number of hydrogen-bond acceptors (Lipinski definition) is 0. The van der Waals surface area contributed by atoms with E-state index in [1.54, 1.807) is 45.5 Å². The van der Waals surface area contributed by atoms with E-state index in [4.69, 9.17) is 0 Å². The molecular weight excluding hydrogens is 608 g/mol. The minimum atomic E-state index is -0.106. The van der Waals surface area contributed by atoms with Gasteiger partial charge in [0, 0.05) is 0 Å². The number of rotatable bonds is 4. The van der Waals surface area contributed by atoms with Gasteiger partial charge in [0.2, 0.25) is 0 Å². The fourth-order valence-corrected chi connectivity index (χ4v) is 8.77. The highest BCUT2D eigenvalue weighted by Crippen LogP contribution is 2.42. The Labute approximate surface area is 309 Å². The normalized spacial score (nSPS) is 14.5. The average Bonchev–Trinajstić information content (AvgIpc) is 3.62. The number of aryl methyl sites for hydroxylation is 3. The van der Waals surface area contributed by atoms with Crippen LogP contribution in [0.25, 0.3) is 0 Å². The fraction of sp³-hybridized carbons (Fsp3) is 0.633. The highest BCUT2D eigenvalue weighted by Gasteiger charge is 2.30. The van der Waals surface area contributed by atoms with E-state index >= 15 is 0 Å². The Morgan fingerprint density at radius 2 is 0.740 bits per heavy atom. The van der Waals surface area contributed by atoms with Crippen molar-refractivity contribution in [2.75, 3.05) is 0 Å². The second-order valence-electron chi connectivity index (χ2n) is 19.9. The number of hydrogen-bond donors (Lipinski definition) is 0. The summed E-state index contributed by atoms with van der Waals surface area (Å²) in [6.07, 6.45) is 8.06. The molecule has 1 heteroatoms. The minimum absolute atomic E-state index is 0.0624. The van der Waals surface area contributed by atoms with Crippen LogP contribution < -0.4 is 0 Å². The van der Waals surface area contributed by atoms with E-state index in [1.807, 2.05) is 0 Å². The summed E-state index contributed by atoms with van der Waals surface area (Å²) in [5.41, 5.74) is 18.8. The van der Waals surface area contributed by atoms with Gasteiger partial charge in [-0.05, 0) is 159 Å². The molecule has 0 N–H and O–H groups in total. The largest absolute Gasteiger partial charge is 0.207 e. The Morgan fingerprint density at radius 1 is 0.440 bits per heavy atom. The lowest BCUT2D eigenvalue weighted by Gasteiger charge is -2.30. The fourth-order valence-electron chi connectivity index (χ4n) is 8.77. The van der Waals surface area contributed by atoms with E-state index in [0.717, 1.165) is 11.1 Å². The Bertz CT molecular complexity index is 1430. The maximum absolute atomic E-state index is 13.7. The zero-order chi connectivity index (χ0) is 38.1. The molecule has 0 heterocycles. The monoisotopic (exact) mass is 683 g/mol. The summed E-state index contributed by atoms with van der Waals surface area (Å²) in [5.74, 6) is 1.81. The van der Waals surface area contributed by atoms with E-state index in [9.17, 15) is 4.39 Å². The molecule has 0 spiro atoms. The summed E-state index contributed by atoms with van der Waals surface area (Å²) in [6, 6.07) is 10.7. The molecule has 2 aliphatic rings. The summed E-state index contributed by atoms with van der Waals surface area (Å²) >= 11 is 0. The molecule has 278 valence electrons. The van der Waals surface area contributed by atoms with Crippen molar-refractivity contribution >= 4 is 0 Å². The average molecular weight is 683 g/mol. The van der Waals surface area contributed by atoms with Gasteiger partial charge in [0.05, 0.1) is 0 Å². The molecular formula is C49H75F. The summed E-state index contributed by atoms with van der Waals surface area (Å²) in [4.78, 5) is 0. The van der Waals surface area contributed by atoms with Gasteiger partial charge in [-0.2, -0.15) is 0 Å². The lowest BCUT2D eigenvalue weighted by atomic mass is 9.75. The molecule has 0 radical (unpaired) electrons. The van der Waals surface area contributed by atoms with Crippen LogP contribution in [0.1, 0.15) is 221 Å². The second-order valence-corrected chi connectivity index (χ2v) is 19.9. The van der Waals surface area contributed by atoms with Gasteiger partial charge in [-0.25, -0.2) is 4.39 Å². The molecule has 0 atom stereocenters. The molecule has 0 nitrogen and oxygen atoms in total. The van der Waals surface area contributed by atoms with Gasteiger partial charge in [-0.1, -0.05) is 141 Å². The van der Waals surface area contributed by atoms with Crippen molar-refractivity contribution in [3.63, 3.8) is 0 Å². The summed E-state index contributed by atoms with van der Waals surface area (Å²) < 4.78 is 13.7. The molecule has 2 aliphatic carbocycles. The first-order valence-electron chi connectivity index (χ1n) is 20.0. The van der Waals surface area contributed by atoms with Crippen molar-refractivity contribution < 1.29 is 4.39 Å². The topological polar surface area (TPSA) is 0 Å². The lowest BCUT2D eigenvalue weighted by molar-refractivity contribution is 0.552. The first-order chi connectivity index (χ1) is 22.9. The third-order valence-corrected chi connectivity index (χ3v) is 10.7. The number of benzene rings is 3. The van der Waals surface area contributed by atoms with Gasteiger partial charge >= 0.3 is 0 Å². The van der Waals surface area contributed by atoms with Gasteiger partial charge < -0.3 is 0 Å². The molecule has 3 aromatic carbocycles. The molecule has 0 aliphatic heterocycles. The molecule has 0 bridgehead atoms. The van der Waals surface area contributed by atoms with E-state index in [2.05, 4.69) is 143 Å². The maximum Gasteiger partial charge on any atom is 0.123 e. The molecule has 0 aromatic heterocycles. The first-order valence-corrected chi connectivity index (χ1v) is 20.0. The highest BCUT2D eigenvalue weighted by molar-refractivity contribution is 5.53. The maximum atomic E-state index is 13.7. The van der Waals surface area contributed by atoms with Crippen molar-refractivity contribution in [3.05, 3.63) is 103 Å². The van der Waals surface area contributed by atoms with Crippen molar-refractivity contribution in [3.8, 4) is 0 Å². The minimum Gasteiger partial charge on any atom is -0.207 e. The molecule has 0 saturated carbocycles. The van der Waals surface area contributed by atoms with Gasteiger partial charge in [-0.3, -0.25) is 0 Å². The predicted molar refractivity (Wildman–Crippen MR) is 221 cm³/mol. The highest BCUT2D eigenvalue weighted by atomic mass is 19.1. The zero-order valence-corrected chi connectivity index (χ0v) is 35.8. The van der Waals surface area contributed by atoms with Gasteiger partial charge in [0.25, 0.3) is 0 Å². The number of halogens is 1. The molecule has 0 saturated heterocycles. The van der Waals surface area contributed by atoms with E-state index in [1.165, 1.54) is 60.8 Å². The summed E-state index contributed by atoms with van der Waals surface area (Å²) in [7, 11) is 0. The summed E-state index contributed by atoms with van der Waals surface area (Å²) in [5, 5.41) is 0. The quantitative estimate of drug-likeness (QED) is 0.257. The van der Waals surface area contributed by atoms with E-state index in [-0.39, 0.29) is 16.6 Å². The Morgan fingerprint density at radius 3 is 1.02 bits per heavy atom. The Balaban J connectivity index is 0.000000203. The molecule has 0 amide bonds. The second kappa shape index (κ2) is 16.1. The van der Waals surface area contributed by atoms with E-state index in [0.29, 0.717) is 29.1 Å². The molecule has 0 unspecified atom stereocenters. The van der Waals surface area contributed by atoms with Gasteiger partial charge in [-0.15, -0.1) is 0 Å². The third-order valence-electron chi connectivity index (χ3n) is 10.7. The SMILES string of the molecule is CC(C)(C)c1c2c(cc3c1CCC3)CCC2.CC(C)c1cc(F)cc(C(C)C)c1C(C)(C)C.Cc1cc(C(C)C)c(C(C)(C)C)c(C(C)C)c1. The van der Waals surface area contributed by atoms with E-state index < -0.39 is 0 Å². The standard InChI is InChI=1S/C17H28.C16H25F.C16H22/c1-11(2)14-9-13(5)10-15(12(3)4)16(14)17(6,7)8;1-10(2)13-8-12(17)9-14(11(3)4)15(13)16(5,6)7;1-16(2,3)15-13-8-4-6-11(13)10-12-7-5-9-14(12)15/h9-12H,1-8H3;8-11H,1-7H3;10H,4-9H2,1-3H3. The van der Waals surface area contributed by atoms with Crippen molar-refractivity contribution in [2.24, 2.45) is 0 Å². The predicted octanol–water partition coefficient (Wildman–Crippen LogP) is 14.9. The van der Waals surface area contributed by atoms with Crippen LogP contribution in [-0.4, -0.2) is 0 Å². The smallest absolute Gasteiger partial charge is 0.123 e. The Kier molecular flexibility index (Phi) is 13.5.